The number of anilines is 1. The number of amides is 2. The summed E-state index contributed by atoms with van der Waals surface area (Å²) in [5.74, 6) is -0.000464. The van der Waals surface area contributed by atoms with Crippen molar-refractivity contribution in [2.45, 2.75) is 39.5 Å². The molecule has 2 aromatic heterocycles. The van der Waals surface area contributed by atoms with Crippen molar-refractivity contribution in [3.05, 3.63) is 93.0 Å². The summed E-state index contributed by atoms with van der Waals surface area (Å²) in [6.45, 7) is 4.61. The molecule has 0 radical (unpaired) electrons. The van der Waals surface area contributed by atoms with Crippen LogP contribution in [0.15, 0.2) is 59.1 Å². The second kappa shape index (κ2) is 9.88. The lowest BCUT2D eigenvalue weighted by Crippen LogP contribution is -2.27. The van der Waals surface area contributed by atoms with E-state index in [9.17, 15) is 9.59 Å². The van der Waals surface area contributed by atoms with E-state index >= 15 is 0 Å². The maximum atomic E-state index is 13.2. The normalized spacial score (nSPS) is 12.4. The highest BCUT2D eigenvalue weighted by Gasteiger charge is 2.28. The van der Waals surface area contributed by atoms with Crippen molar-refractivity contribution >= 4 is 28.2 Å². The third-order valence-electron chi connectivity index (χ3n) is 6.45. The van der Waals surface area contributed by atoms with Crippen molar-refractivity contribution in [3.63, 3.8) is 0 Å². The van der Waals surface area contributed by atoms with E-state index in [1.165, 1.54) is 27.3 Å². The fourth-order valence-electron chi connectivity index (χ4n) is 4.37. The van der Waals surface area contributed by atoms with Crippen molar-refractivity contribution in [2.75, 3.05) is 11.9 Å². The van der Waals surface area contributed by atoms with Crippen LogP contribution in [0.2, 0.25) is 0 Å². The zero-order valence-corrected chi connectivity index (χ0v) is 20.6. The Hall–Kier alpha value is -3.71. The Bertz CT molecular complexity index is 1390. The maximum Gasteiger partial charge on any atom is 0.278 e. The van der Waals surface area contributed by atoms with E-state index in [1.54, 1.807) is 6.07 Å². The van der Waals surface area contributed by atoms with Gasteiger partial charge in [-0.1, -0.05) is 47.6 Å². The van der Waals surface area contributed by atoms with Gasteiger partial charge >= 0.3 is 0 Å². The summed E-state index contributed by atoms with van der Waals surface area (Å²) in [6.07, 6.45) is 3.56. The third kappa shape index (κ3) is 4.91. The standard InChI is InChI=1S/C28H27N3O3S/c1-17-11-12-20(15-18(17)2)23-16-22(31-34-23)26(32)30-28-25(21-9-6-10-24(21)35-28)27(33)29-14-13-19-7-4-3-5-8-19/h3-5,7-8,11-12,15-16H,6,9-10,13-14H2,1-2H3,(H,29,33)(H,30,32). The minimum absolute atomic E-state index is 0.147. The number of fused-ring (bicyclic) bond motifs is 1. The van der Waals surface area contributed by atoms with Crippen LogP contribution in [0.5, 0.6) is 0 Å². The molecule has 1 aliphatic rings. The van der Waals surface area contributed by atoms with Gasteiger partial charge in [-0.2, -0.15) is 0 Å². The van der Waals surface area contributed by atoms with Gasteiger partial charge in [0.15, 0.2) is 11.5 Å². The van der Waals surface area contributed by atoms with Gasteiger partial charge < -0.3 is 15.2 Å². The smallest absolute Gasteiger partial charge is 0.278 e. The highest BCUT2D eigenvalue weighted by atomic mass is 32.1. The van der Waals surface area contributed by atoms with Gasteiger partial charge in [-0.3, -0.25) is 9.59 Å². The molecule has 7 heteroatoms. The Morgan fingerprint density at radius 1 is 1.00 bits per heavy atom. The van der Waals surface area contributed by atoms with Gasteiger partial charge in [-0.15, -0.1) is 11.3 Å². The molecule has 2 aromatic carbocycles. The molecule has 35 heavy (non-hydrogen) atoms. The lowest BCUT2D eigenvalue weighted by molar-refractivity contribution is 0.0954. The van der Waals surface area contributed by atoms with Crippen LogP contribution in [0.25, 0.3) is 11.3 Å². The lowest BCUT2D eigenvalue weighted by Gasteiger charge is -2.09. The zero-order chi connectivity index (χ0) is 24.4. The molecule has 0 fully saturated rings. The van der Waals surface area contributed by atoms with Gasteiger partial charge in [0.2, 0.25) is 0 Å². The van der Waals surface area contributed by atoms with Crippen LogP contribution in [0.4, 0.5) is 5.00 Å². The molecule has 178 valence electrons. The highest BCUT2D eigenvalue weighted by Crippen LogP contribution is 2.39. The summed E-state index contributed by atoms with van der Waals surface area (Å²) in [7, 11) is 0. The molecule has 0 atom stereocenters. The van der Waals surface area contributed by atoms with Crippen LogP contribution in [0, 0.1) is 13.8 Å². The van der Waals surface area contributed by atoms with E-state index in [0.717, 1.165) is 42.4 Å². The number of hydrogen-bond acceptors (Lipinski definition) is 5. The largest absolute Gasteiger partial charge is 0.355 e. The molecule has 1 aliphatic carbocycles. The van der Waals surface area contributed by atoms with Crippen LogP contribution in [0.1, 0.15) is 54.4 Å². The first-order valence-corrected chi connectivity index (χ1v) is 12.6. The van der Waals surface area contributed by atoms with Gasteiger partial charge in [0.25, 0.3) is 11.8 Å². The lowest BCUT2D eigenvalue weighted by atomic mass is 10.0. The minimum Gasteiger partial charge on any atom is -0.355 e. The van der Waals surface area contributed by atoms with Crippen molar-refractivity contribution in [1.29, 1.82) is 0 Å². The van der Waals surface area contributed by atoms with Crippen LogP contribution in [-0.4, -0.2) is 23.5 Å². The summed E-state index contributed by atoms with van der Waals surface area (Å²) in [5.41, 5.74) is 6.19. The summed E-state index contributed by atoms with van der Waals surface area (Å²) in [6, 6.07) is 17.7. The van der Waals surface area contributed by atoms with Crippen LogP contribution in [-0.2, 0) is 19.3 Å². The fourth-order valence-corrected chi connectivity index (χ4v) is 5.65. The Kier molecular flexibility index (Phi) is 6.51. The average molecular weight is 486 g/mol. The number of carbonyl (C=O) groups excluding carboxylic acids is 2. The number of carbonyl (C=O) groups is 2. The number of aromatic nitrogens is 1. The second-order valence-electron chi connectivity index (χ2n) is 8.88. The van der Waals surface area contributed by atoms with Gasteiger partial charge in [0, 0.05) is 23.1 Å². The van der Waals surface area contributed by atoms with Crippen molar-refractivity contribution < 1.29 is 14.1 Å². The second-order valence-corrected chi connectivity index (χ2v) is 9.99. The van der Waals surface area contributed by atoms with E-state index in [-0.39, 0.29) is 17.5 Å². The topological polar surface area (TPSA) is 84.2 Å². The van der Waals surface area contributed by atoms with Gasteiger partial charge in [-0.25, -0.2) is 0 Å². The third-order valence-corrected chi connectivity index (χ3v) is 7.66. The van der Waals surface area contributed by atoms with Crippen LogP contribution < -0.4 is 10.6 Å². The number of aryl methyl sites for hydroxylation is 3. The molecule has 0 saturated heterocycles. The zero-order valence-electron chi connectivity index (χ0n) is 19.8. The molecule has 2 N–H and O–H groups in total. The molecular weight excluding hydrogens is 458 g/mol. The molecule has 5 rings (SSSR count). The number of thiophene rings is 1. The maximum absolute atomic E-state index is 13.2. The SMILES string of the molecule is Cc1ccc(-c2cc(C(=O)Nc3sc4c(c3C(=O)NCCc3ccccc3)CCC4)no2)cc1C. The summed E-state index contributed by atoms with van der Waals surface area (Å²) < 4.78 is 5.45. The number of rotatable bonds is 7. The molecule has 2 heterocycles. The molecule has 0 unspecified atom stereocenters. The van der Waals surface area contributed by atoms with Crippen LogP contribution in [0.3, 0.4) is 0 Å². The number of nitrogens with one attached hydrogen (secondary N) is 2. The molecular formula is C28H27N3O3S. The minimum atomic E-state index is -0.387. The van der Waals surface area contributed by atoms with E-state index < -0.39 is 0 Å². The number of hydrogen-bond donors (Lipinski definition) is 2. The predicted molar refractivity (Wildman–Crippen MR) is 138 cm³/mol. The summed E-state index contributed by atoms with van der Waals surface area (Å²) >= 11 is 1.49. The van der Waals surface area contributed by atoms with Gasteiger partial charge in [0.1, 0.15) is 5.00 Å². The summed E-state index contributed by atoms with van der Waals surface area (Å²) in [5, 5.41) is 10.5. The molecule has 4 aromatic rings. The van der Waals surface area contributed by atoms with E-state index in [4.69, 9.17) is 4.52 Å². The molecule has 0 aliphatic heterocycles. The van der Waals surface area contributed by atoms with E-state index in [1.807, 2.05) is 62.4 Å². The quantitative estimate of drug-likeness (QED) is 0.350. The first kappa shape index (κ1) is 23.1. The monoisotopic (exact) mass is 485 g/mol. The predicted octanol–water partition coefficient (Wildman–Crippen LogP) is 5.73. The van der Waals surface area contributed by atoms with Crippen molar-refractivity contribution in [2.24, 2.45) is 0 Å². The molecule has 6 nitrogen and oxygen atoms in total. The van der Waals surface area contributed by atoms with E-state index in [2.05, 4.69) is 15.8 Å². The van der Waals surface area contributed by atoms with Crippen molar-refractivity contribution in [1.82, 2.24) is 10.5 Å². The average Bonchev–Trinajstić information content (AvgIpc) is 3.58. The first-order valence-electron chi connectivity index (χ1n) is 11.8. The van der Waals surface area contributed by atoms with E-state index in [0.29, 0.717) is 22.9 Å². The molecule has 2 amide bonds. The Labute approximate surface area is 208 Å². The highest BCUT2D eigenvalue weighted by molar-refractivity contribution is 7.17. The number of nitrogens with zero attached hydrogens (tertiary/aromatic N) is 1. The van der Waals surface area contributed by atoms with Crippen molar-refractivity contribution in [3.8, 4) is 11.3 Å². The molecule has 0 saturated carbocycles. The van der Waals surface area contributed by atoms with Crippen LogP contribution >= 0.6 is 11.3 Å². The van der Waals surface area contributed by atoms with Gasteiger partial charge in [0.05, 0.1) is 5.56 Å². The number of benzene rings is 2. The van der Waals surface area contributed by atoms with Gasteiger partial charge in [-0.05, 0) is 67.9 Å². The molecule has 0 spiro atoms. The Morgan fingerprint density at radius 3 is 2.63 bits per heavy atom. The summed E-state index contributed by atoms with van der Waals surface area (Å²) in [4.78, 5) is 27.3. The molecule has 0 bridgehead atoms. The fraction of sp³-hybridized carbons (Fsp3) is 0.250. The Balaban J connectivity index is 1.31. The Morgan fingerprint density at radius 2 is 1.83 bits per heavy atom. The first-order chi connectivity index (χ1) is 17.0.